The number of ether oxygens (including phenoxy) is 2. The molecule has 1 heterocycles. The van der Waals surface area contributed by atoms with Gasteiger partial charge in [0.25, 0.3) is 5.91 Å². The van der Waals surface area contributed by atoms with Crippen molar-refractivity contribution in [3.8, 4) is 11.5 Å². The van der Waals surface area contributed by atoms with E-state index in [0.717, 1.165) is 22.2 Å². The molecule has 1 fully saturated rings. The molecule has 122 valence electrons. The van der Waals surface area contributed by atoms with Gasteiger partial charge >= 0.3 is 5.97 Å². The molecule has 1 aromatic carbocycles. The summed E-state index contributed by atoms with van der Waals surface area (Å²) in [6.45, 7) is 1.42. The standard InChI is InChI=1S/C15H15NO5S2/c1-8(14(18)19)16-13(17)12(23-15(16)22)7-9-4-5-10(20-2)11(6-9)21-3/h4-8H,1-3H3,(H,18,19)/t8-/m1/s1. The maximum atomic E-state index is 12.4. The molecular formula is C15H15NO5S2. The number of hydrogen-bond donors (Lipinski definition) is 1. The SMILES string of the molecule is COc1ccc(C=C2SC(=S)N([C@H](C)C(=O)O)C2=O)cc1OC. The Labute approximate surface area is 143 Å². The summed E-state index contributed by atoms with van der Waals surface area (Å²) in [6.07, 6.45) is 1.65. The summed E-state index contributed by atoms with van der Waals surface area (Å²) < 4.78 is 10.6. The van der Waals surface area contributed by atoms with Crippen LogP contribution in [-0.4, -0.2) is 46.5 Å². The highest BCUT2D eigenvalue weighted by Gasteiger charge is 2.38. The molecule has 1 amide bonds. The van der Waals surface area contributed by atoms with Gasteiger partial charge in [0, 0.05) is 0 Å². The lowest BCUT2D eigenvalue weighted by molar-refractivity contribution is -0.144. The molecule has 2 rings (SSSR count). The van der Waals surface area contributed by atoms with Gasteiger partial charge in [-0.1, -0.05) is 30.0 Å². The van der Waals surface area contributed by atoms with E-state index in [1.54, 1.807) is 24.3 Å². The molecule has 0 saturated carbocycles. The summed E-state index contributed by atoms with van der Waals surface area (Å²) in [6, 6.07) is 4.23. The quantitative estimate of drug-likeness (QED) is 0.643. The van der Waals surface area contributed by atoms with Crippen molar-refractivity contribution in [2.24, 2.45) is 0 Å². The largest absolute Gasteiger partial charge is 0.493 e. The van der Waals surface area contributed by atoms with Crippen molar-refractivity contribution in [1.82, 2.24) is 4.90 Å². The maximum absolute atomic E-state index is 12.4. The minimum absolute atomic E-state index is 0.233. The highest BCUT2D eigenvalue weighted by Crippen LogP contribution is 2.35. The van der Waals surface area contributed by atoms with Crippen LogP contribution in [-0.2, 0) is 9.59 Å². The molecule has 0 unspecified atom stereocenters. The normalized spacial score (nSPS) is 17.5. The van der Waals surface area contributed by atoms with Crippen molar-refractivity contribution in [3.05, 3.63) is 28.7 Å². The third-order valence-electron chi connectivity index (χ3n) is 3.27. The number of carboxylic acids is 1. The van der Waals surface area contributed by atoms with Gasteiger partial charge in [0.15, 0.2) is 11.5 Å². The Morgan fingerprint density at radius 1 is 1.35 bits per heavy atom. The summed E-state index contributed by atoms with van der Waals surface area (Å²) in [4.78, 5) is 24.9. The Balaban J connectivity index is 2.32. The molecule has 1 aliphatic rings. The molecule has 0 radical (unpaired) electrons. The number of hydrogen-bond acceptors (Lipinski definition) is 6. The molecule has 0 spiro atoms. The van der Waals surface area contributed by atoms with Gasteiger partial charge < -0.3 is 14.6 Å². The van der Waals surface area contributed by atoms with Gasteiger partial charge in [0.05, 0.1) is 19.1 Å². The predicted octanol–water partition coefficient (Wildman–Crippen LogP) is 2.38. The van der Waals surface area contributed by atoms with Crippen molar-refractivity contribution < 1.29 is 24.2 Å². The molecule has 0 aromatic heterocycles. The Hall–Kier alpha value is -2.06. The van der Waals surface area contributed by atoms with E-state index in [1.807, 2.05) is 0 Å². The van der Waals surface area contributed by atoms with Crippen molar-refractivity contribution in [3.63, 3.8) is 0 Å². The fourth-order valence-corrected chi connectivity index (χ4v) is 3.44. The van der Waals surface area contributed by atoms with Crippen LogP contribution < -0.4 is 9.47 Å². The van der Waals surface area contributed by atoms with E-state index in [4.69, 9.17) is 26.8 Å². The zero-order valence-electron chi connectivity index (χ0n) is 12.7. The van der Waals surface area contributed by atoms with Crippen molar-refractivity contribution >= 4 is 46.3 Å². The molecule has 23 heavy (non-hydrogen) atoms. The highest BCUT2D eigenvalue weighted by molar-refractivity contribution is 8.26. The Morgan fingerprint density at radius 3 is 2.57 bits per heavy atom. The molecule has 1 atom stereocenters. The van der Waals surface area contributed by atoms with Gasteiger partial charge in [0.1, 0.15) is 10.4 Å². The van der Waals surface area contributed by atoms with E-state index >= 15 is 0 Å². The number of benzene rings is 1. The van der Waals surface area contributed by atoms with Crippen LogP contribution in [0.25, 0.3) is 6.08 Å². The van der Waals surface area contributed by atoms with Crippen molar-refractivity contribution in [2.45, 2.75) is 13.0 Å². The lowest BCUT2D eigenvalue weighted by atomic mass is 10.1. The minimum atomic E-state index is -1.10. The number of aliphatic carboxylic acids is 1. The number of thioether (sulfide) groups is 1. The topological polar surface area (TPSA) is 76.1 Å². The van der Waals surface area contributed by atoms with Crippen LogP contribution in [0.3, 0.4) is 0 Å². The number of rotatable bonds is 5. The molecule has 1 aromatic rings. The summed E-state index contributed by atoms with van der Waals surface area (Å²) in [5.41, 5.74) is 0.728. The van der Waals surface area contributed by atoms with E-state index in [-0.39, 0.29) is 4.32 Å². The van der Waals surface area contributed by atoms with Gasteiger partial charge in [-0.25, -0.2) is 4.79 Å². The van der Waals surface area contributed by atoms with Gasteiger partial charge in [-0.05, 0) is 30.7 Å². The second-order valence-electron chi connectivity index (χ2n) is 4.68. The summed E-state index contributed by atoms with van der Waals surface area (Å²) in [5, 5.41) is 9.07. The number of carbonyl (C=O) groups is 2. The third kappa shape index (κ3) is 3.48. The van der Waals surface area contributed by atoms with Crippen LogP contribution >= 0.6 is 24.0 Å². The van der Waals surface area contributed by atoms with Crippen LogP contribution in [0.15, 0.2) is 23.1 Å². The lowest BCUT2D eigenvalue weighted by Gasteiger charge is -2.18. The smallest absolute Gasteiger partial charge is 0.326 e. The average molecular weight is 353 g/mol. The maximum Gasteiger partial charge on any atom is 0.326 e. The molecule has 1 saturated heterocycles. The zero-order valence-corrected chi connectivity index (χ0v) is 14.4. The Kier molecular flexibility index (Phi) is 5.27. The van der Waals surface area contributed by atoms with E-state index in [9.17, 15) is 9.59 Å². The van der Waals surface area contributed by atoms with Gasteiger partial charge in [-0.3, -0.25) is 9.69 Å². The first kappa shape index (κ1) is 17.3. The monoisotopic (exact) mass is 353 g/mol. The second kappa shape index (κ2) is 7.01. The van der Waals surface area contributed by atoms with Gasteiger partial charge in [-0.15, -0.1) is 0 Å². The number of carboxylic acid groups (broad SMARTS) is 1. The minimum Gasteiger partial charge on any atom is -0.493 e. The van der Waals surface area contributed by atoms with Crippen LogP contribution in [0.4, 0.5) is 0 Å². The number of nitrogens with zero attached hydrogens (tertiary/aromatic N) is 1. The predicted molar refractivity (Wildman–Crippen MR) is 91.7 cm³/mol. The number of amides is 1. The van der Waals surface area contributed by atoms with Crippen LogP contribution in [0.1, 0.15) is 12.5 Å². The second-order valence-corrected chi connectivity index (χ2v) is 6.36. The first-order valence-corrected chi connectivity index (χ1v) is 7.83. The van der Waals surface area contributed by atoms with E-state index in [2.05, 4.69) is 0 Å². The summed E-state index contributed by atoms with van der Waals surface area (Å²) in [5.74, 6) is -0.398. The first-order chi connectivity index (χ1) is 10.9. The fraction of sp³-hybridized carbons (Fsp3) is 0.267. The first-order valence-electron chi connectivity index (χ1n) is 6.61. The molecule has 0 aliphatic carbocycles. The van der Waals surface area contributed by atoms with Crippen molar-refractivity contribution in [2.75, 3.05) is 14.2 Å². The highest BCUT2D eigenvalue weighted by atomic mass is 32.2. The van der Waals surface area contributed by atoms with Gasteiger partial charge in [-0.2, -0.15) is 0 Å². The molecule has 8 heteroatoms. The van der Waals surface area contributed by atoms with Crippen LogP contribution in [0, 0.1) is 0 Å². The van der Waals surface area contributed by atoms with Crippen LogP contribution in [0.2, 0.25) is 0 Å². The Morgan fingerprint density at radius 2 is 2.00 bits per heavy atom. The van der Waals surface area contributed by atoms with E-state index in [1.165, 1.54) is 21.1 Å². The fourth-order valence-electron chi connectivity index (χ4n) is 2.02. The molecular weight excluding hydrogens is 338 g/mol. The van der Waals surface area contributed by atoms with Gasteiger partial charge in [0.2, 0.25) is 0 Å². The molecule has 1 aliphatic heterocycles. The van der Waals surface area contributed by atoms with Crippen LogP contribution in [0.5, 0.6) is 11.5 Å². The van der Waals surface area contributed by atoms with Crippen molar-refractivity contribution in [1.29, 1.82) is 0 Å². The average Bonchev–Trinajstić information content (AvgIpc) is 2.80. The number of methoxy groups -OCH3 is 2. The Bertz CT molecular complexity index is 701. The number of thiocarbonyl (C=S) groups is 1. The van der Waals surface area contributed by atoms with E-state index < -0.39 is 17.9 Å². The zero-order chi connectivity index (χ0) is 17.1. The number of carbonyl (C=O) groups excluding carboxylic acids is 1. The molecule has 6 nitrogen and oxygen atoms in total. The summed E-state index contributed by atoms with van der Waals surface area (Å²) in [7, 11) is 3.06. The molecule has 0 bridgehead atoms. The summed E-state index contributed by atoms with van der Waals surface area (Å²) >= 11 is 6.19. The molecule has 1 N–H and O–H groups in total. The third-order valence-corrected chi connectivity index (χ3v) is 4.60. The van der Waals surface area contributed by atoms with E-state index in [0.29, 0.717) is 16.4 Å². The lowest BCUT2D eigenvalue weighted by Crippen LogP contribution is -2.41.